The van der Waals surface area contributed by atoms with E-state index in [9.17, 15) is 4.79 Å². The number of aryl methyl sites for hydroxylation is 1. The predicted molar refractivity (Wildman–Crippen MR) is 72.5 cm³/mol. The zero-order valence-electron chi connectivity index (χ0n) is 11.6. The highest BCUT2D eigenvalue weighted by Crippen LogP contribution is 2.20. The van der Waals surface area contributed by atoms with Crippen LogP contribution in [0.2, 0.25) is 0 Å². The average molecular weight is 275 g/mol. The van der Waals surface area contributed by atoms with Gasteiger partial charge in [0.2, 0.25) is 0 Å². The quantitative estimate of drug-likeness (QED) is 0.872. The van der Waals surface area contributed by atoms with Crippen molar-refractivity contribution in [1.29, 1.82) is 0 Å². The monoisotopic (exact) mass is 275 g/mol. The Morgan fingerprint density at radius 3 is 3.05 bits per heavy atom. The van der Waals surface area contributed by atoms with Crippen molar-refractivity contribution in [3.8, 4) is 5.75 Å². The Labute approximate surface area is 116 Å². The van der Waals surface area contributed by atoms with Crippen molar-refractivity contribution < 1.29 is 4.74 Å². The Kier molecular flexibility index (Phi) is 3.27. The number of fused-ring (bicyclic) bond motifs is 1. The Bertz CT molecular complexity index is 676. The van der Waals surface area contributed by atoms with E-state index in [2.05, 4.69) is 20.1 Å². The third-order valence-electron chi connectivity index (χ3n) is 3.51. The number of hydrogen-bond acceptors (Lipinski definition) is 5. The van der Waals surface area contributed by atoms with Gasteiger partial charge in [-0.3, -0.25) is 14.5 Å². The van der Waals surface area contributed by atoms with Crippen LogP contribution in [-0.4, -0.2) is 38.3 Å². The fourth-order valence-electron chi connectivity index (χ4n) is 2.47. The molecule has 2 aromatic rings. The topological polar surface area (TPSA) is 76.0 Å². The van der Waals surface area contributed by atoms with Crippen LogP contribution in [0, 0.1) is 6.92 Å². The van der Waals surface area contributed by atoms with Crippen LogP contribution in [-0.2, 0) is 19.6 Å². The number of aromatic nitrogens is 4. The molecule has 0 atom stereocenters. The number of nitrogens with one attached hydrogen (secondary N) is 1. The fourth-order valence-corrected chi connectivity index (χ4v) is 2.47. The Hall–Kier alpha value is -2.15. The van der Waals surface area contributed by atoms with E-state index in [-0.39, 0.29) is 5.69 Å². The molecule has 0 bridgehead atoms. The molecular weight excluding hydrogens is 258 g/mol. The van der Waals surface area contributed by atoms with Gasteiger partial charge < -0.3 is 4.74 Å². The summed E-state index contributed by atoms with van der Waals surface area (Å²) >= 11 is 0. The van der Waals surface area contributed by atoms with Gasteiger partial charge in [0.1, 0.15) is 11.6 Å². The number of ether oxygens (including phenoxy) is 1. The number of pyridine rings is 1. The van der Waals surface area contributed by atoms with Crippen LogP contribution in [0.1, 0.15) is 17.2 Å². The van der Waals surface area contributed by atoms with E-state index in [4.69, 9.17) is 4.74 Å². The van der Waals surface area contributed by atoms with Gasteiger partial charge in [0.15, 0.2) is 0 Å². The lowest BCUT2D eigenvalue weighted by Crippen LogP contribution is -2.36. The summed E-state index contributed by atoms with van der Waals surface area (Å²) in [6.45, 7) is 4.73. The maximum atomic E-state index is 11.5. The summed E-state index contributed by atoms with van der Waals surface area (Å²) in [5.41, 5.74) is 1.75. The van der Waals surface area contributed by atoms with Gasteiger partial charge in [-0.25, -0.2) is 9.89 Å². The molecule has 0 radical (unpaired) electrons. The van der Waals surface area contributed by atoms with Crippen molar-refractivity contribution in [3.63, 3.8) is 0 Å². The molecule has 106 valence electrons. The van der Waals surface area contributed by atoms with Crippen LogP contribution >= 0.6 is 0 Å². The summed E-state index contributed by atoms with van der Waals surface area (Å²) in [5, 5.41) is 6.53. The number of aromatic amines is 1. The second kappa shape index (κ2) is 5.09. The second-order valence-corrected chi connectivity index (χ2v) is 4.91. The minimum atomic E-state index is -0.133. The van der Waals surface area contributed by atoms with E-state index in [1.54, 1.807) is 11.7 Å². The number of methoxy groups -OCH3 is 1. The normalized spacial score (nSPS) is 15.1. The molecule has 3 rings (SSSR count). The molecule has 0 aliphatic carbocycles. The molecule has 0 fully saturated rings. The Morgan fingerprint density at radius 2 is 2.25 bits per heavy atom. The lowest BCUT2D eigenvalue weighted by Gasteiger charge is -2.26. The number of H-pyrrole nitrogens is 1. The zero-order chi connectivity index (χ0) is 14.1. The van der Waals surface area contributed by atoms with Crippen molar-refractivity contribution >= 4 is 0 Å². The molecule has 1 aliphatic heterocycles. The minimum absolute atomic E-state index is 0.133. The Balaban J connectivity index is 1.80. The molecule has 20 heavy (non-hydrogen) atoms. The SMILES string of the molecule is COc1ccc(C)nc1CN1CCn2c(n[nH]c2=O)C1. The van der Waals surface area contributed by atoms with Gasteiger partial charge in [0.25, 0.3) is 0 Å². The van der Waals surface area contributed by atoms with Crippen molar-refractivity contribution in [1.82, 2.24) is 24.6 Å². The van der Waals surface area contributed by atoms with Crippen LogP contribution in [0.15, 0.2) is 16.9 Å². The first kappa shape index (κ1) is 12.9. The summed E-state index contributed by atoms with van der Waals surface area (Å²) in [4.78, 5) is 18.2. The zero-order valence-corrected chi connectivity index (χ0v) is 11.6. The van der Waals surface area contributed by atoms with Crippen molar-refractivity contribution in [2.24, 2.45) is 0 Å². The molecular formula is C13H17N5O2. The highest BCUT2D eigenvalue weighted by atomic mass is 16.5. The molecule has 0 aromatic carbocycles. The molecule has 0 saturated carbocycles. The smallest absolute Gasteiger partial charge is 0.343 e. The van der Waals surface area contributed by atoms with E-state index in [0.717, 1.165) is 29.5 Å². The van der Waals surface area contributed by atoms with Gasteiger partial charge in [-0.15, -0.1) is 0 Å². The molecule has 3 heterocycles. The molecule has 7 heteroatoms. The van der Waals surface area contributed by atoms with E-state index in [1.165, 1.54) is 0 Å². The first-order chi connectivity index (χ1) is 9.67. The molecule has 2 aromatic heterocycles. The van der Waals surface area contributed by atoms with Gasteiger partial charge in [0.05, 0.1) is 19.3 Å². The lowest BCUT2D eigenvalue weighted by atomic mass is 10.2. The molecule has 7 nitrogen and oxygen atoms in total. The first-order valence-corrected chi connectivity index (χ1v) is 6.54. The van der Waals surface area contributed by atoms with E-state index >= 15 is 0 Å². The van der Waals surface area contributed by atoms with Gasteiger partial charge in [-0.2, -0.15) is 5.10 Å². The van der Waals surface area contributed by atoms with Crippen LogP contribution in [0.5, 0.6) is 5.75 Å². The van der Waals surface area contributed by atoms with Crippen LogP contribution in [0.25, 0.3) is 0 Å². The van der Waals surface area contributed by atoms with Gasteiger partial charge in [-0.05, 0) is 19.1 Å². The summed E-state index contributed by atoms with van der Waals surface area (Å²) in [6, 6.07) is 3.87. The maximum Gasteiger partial charge on any atom is 0.343 e. The van der Waals surface area contributed by atoms with Crippen molar-refractivity contribution in [2.45, 2.75) is 26.6 Å². The number of rotatable bonds is 3. The highest BCUT2D eigenvalue weighted by molar-refractivity contribution is 5.29. The van der Waals surface area contributed by atoms with E-state index in [0.29, 0.717) is 19.6 Å². The maximum absolute atomic E-state index is 11.5. The predicted octanol–water partition coefficient (Wildman–Crippen LogP) is 0.299. The van der Waals surface area contributed by atoms with Crippen molar-refractivity contribution in [3.05, 3.63) is 39.8 Å². The molecule has 1 aliphatic rings. The van der Waals surface area contributed by atoms with Gasteiger partial charge in [-0.1, -0.05) is 0 Å². The van der Waals surface area contributed by atoms with Crippen molar-refractivity contribution in [2.75, 3.05) is 13.7 Å². The summed E-state index contributed by atoms with van der Waals surface area (Å²) < 4.78 is 7.03. The standard InChI is InChI=1S/C13H17N5O2/c1-9-3-4-11(20-2)10(14-9)7-17-5-6-18-12(8-17)15-16-13(18)19/h3-4H,5-8H2,1-2H3,(H,16,19). The summed E-state index contributed by atoms with van der Waals surface area (Å²) in [6.07, 6.45) is 0. The molecule has 0 amide bonds. The minimum Gasteiger partial charge on any atom is -0.495 e. The number of hydrogen-bond donors (Lipinski definition) is 1. The van der Waals surface area contributed by atoms with E-state index < -0.39 is 0 Å². The average Bonchev–Trinajstić information content (AvgIpc) is 2.80. The van der Waals surface area contributed by atoms with Crippen LogP contribution < -0.4 is 10.4 Å². The first-order valence-electron chi connectivity index (χ1n) is 6.54. The molecule has 0 spiro atoms. The third kappa shape index (κ3) is 2.32. The number of nitrogens with zero attached hydrogens (tertiary/aromatic N) is 4. The second-order valence-electron chi connectivity index (χ2n) is 4.91. The van der Waals surface area contributed by atoms with Gasteiger partial charge in [0, 0.05) is 25.3 Å². The third-order valence-corrected chi connectivity index (χ3v) is 3.51. The summed E-state index contributed by atoms with van der Waals surface area (Å²) in [5.74, 6) is 1.56. The lowest BCUT2D eigenvalue weighted by molar-refractivity contribution is 0.202. The van der Waals surface area contributed by atoms with Gasteiger partial charge >= 0.3 is 5.69 Å². The molecule has 0 saturated heterocycles. The van der Waals surface area contributed by atoms with Crippen LogP contribution in [0.3, 0.4) is 0 Å². The Morgan fingerprint density at radius 1 is 1.40 bits per heavy atom. The molecule has 1 N–H and O–H groups in total. The molecule has 0 unspecified atom stereocenters. The van der Waals surface area contributed by atoms with E-state index in [1.807, 2.05) is 19.1 Å². The fraction of sp³-hybridized carbons (Fsp3) is 0.462. The van der Waals surface area contributed by atoms with Crippen LogP contribution in [0.4, 0.5) is 0 Å². The summed E-state index contributed by atoms with van der Waals surface area (Å²) in [7, 11) is 1.65. The largest absolute Gasteiger partial charge is 0.495 e. The highest BCUT2D eigenvalue weighted by Gasteiger charge is 2.20.